The Morgan fingerprint density at radius 3 is 0.773 bits per heavy atom. The van der Waals surface area contributed by atoms with E-state index in [-0.39, 0.29) is 0 Å². The zero-order valence-corrected chi connectivity index (χ0v) is 20.3. The Morgan fingerprint density at radius 2 is 0.636 bits per heavy atom. The summed E-state index contributed by atoms with van der Waals surface area (Å²) in [5, 5.41) is 0. The molecule has 0 saturated carbocycles. The summed E-state index contributed by atoms with van der Waals surface area (Å²) in [4.78, 5) is 64.3. The second kappa shape index (κ2) is 13.6. The van der Waals surface area contributed by atoms with Crippen LogP contribution in [0, 0.1) is 0 Å². The van der Waals surface area contributed by atoms with E-state index in [0.29, 0.717) is 38.5 Å². The van der Waals surface area contributed by atoms with Crippen molar-refractivity contribution in [1.82, 2.24) is 22.4 Å². The van der Waals surface area contributed by atoms with Crippen LogP contribution >= 0.6 is 0 Å². The van der Waals surface area contributed by atoms with Crippen LogP contribution in [0.15, 0.2) is 0 Å². The van der Waals surface area contributed by atoms with Crippen LogP contribution in [-0.2, 0) is 86.4 Å². The van der Waals surface area contributed by atoms with Crippen molar-refractivity contribution in [2.45, 2.75) is 0 Å². The maximum absolute atomic E-state index is 10.7. The van der Waals surface area contributed by atoms with E-state index in [1.165, 1.54) is 0 Å². The van der Waals surface area contributed by atoms with E-state index in [9.17, 15) is 28.8 Å². The number of nitrogens with zero attached hydrogens (tertiary/aromatic N) is 1. The van der Waals surface area contributed by atoms with Gasteiger partial charge in [0.15, 0.2) is 0 Å². The second-order valence-corrected chi connectivity index (χ2v) is 32.7. The Bertz CT molecular complexity index is 316. The molecule has 0 radical (unpaired) electrons. The number of hydrogen-bond acceptors (Lipinski definition) is 7. The van der Waals surface area contributed by atoms with Crippen LogP contribution in [0.4, 0.5) is 0 Å². The van der Waals surface area contributed by atoms with Crippen molar-refractivity contribution >= 4 is 38.5 Å². The van der Waals surface area contributed by atoms with Crippen LogP contribution in [-0.4, -0.2) is 38.6 Å². The van der Waals surface area contributed by atoms with E-state index in [1.807, 2.05) is 0 Å². The standard InChI is InChI=1S/6CH3NO.N.3Ta/c6*2-1-3;;;;/h6*1H,(H2,2,3);;;;/q;;;;;;;3*+2/p-6. The van der Waals surface area contributed by atoms with Crippen molar-refractivity contribution in [3.63, 3.8) is 0 Å². The van der Waals surface area contributed by atoms with Crippen LogP contribution < -0.4 is 22.3 Å². The summed E-state index contributed by atoms with van der Waals surface area (Å²) in [6.45, 7) is 0. The summed E-state index contributed by atoms with van der Waals surface area (Å²) in [6.07, 6.45) is 2.22. The molecule has 0 bridgehead atoms. The van der Waals surface area contributed by atoms with Crippen LogP contribution in [0.25, 0.3) is 0 Å². The predicted molar refractivity (Wildman–Crippen MR) is 57.0 cm³/mol. The summed E-state index contributed by atoms with van der Waals surface area (Å²) in [5.41, 5.74) is 0. The molecule has 0 rings (SSSR count). The molecule has 0 aromatic rings. The van der Waals surface area contributed by atoms with E-state index in [1.54, 1.807) is 0.111 Å². The van der Waals surface area contributed by atoms with Crippen molar-refractivity contribution in [2.75, 3.05) is 0 Å². The van der Waals surface area contributed by atoms with Gasteiger partial charge in [-0.1, -0.05) is 0 Å². The fourth-order valence-electron chi connectivity index (χ4n) is 0.990. The Morgan fingerprint density at radius 1 is 0.455 bits per heavy atom. The minimum absolute atomic E-state index is 0.370. The Kier molecular flexibility index (Phi) is 13.0. The Labute approximate surface area is 146 Å². The van der Waals surface area contributed by atoms with Gasteiger partial charge < -0.3 is 0 Å². The molecule has 22 heavy (non-hydrogen) atoms. The monoisotopic (exact) mass is 821 g/mol. The number of hydrogen-bond donors (Lipinski definition) is 6. The molecule has 0 atom stereocenters. The first-order valence-corrected chi connectivity index (χ1v) is 19.0. The Balaban J connectivity index is 5.61. The van der Waals surface area contributed by atoms with Crippen molar-refractivity contribution in [3.8, 4) is 0 Å². The fraction of sp³-hybridized carbons (Fsp3) is 0. The third-order valence-corrected chi connectivity index (χ3v) is 44.6. The SMILES string of the molecule is O=C[NH][Ta]([NH]C=O)[N]([Ta]([NH]C=O)[NH]C=O)[Ta]([NH]C=O)[NH]C=O. The molecule has 0 aliphatic rings. The van der Waals surface area contributed by atoms with E-state index >= 15 is 0 Å². The molecule has 0 aliphatic carbocycles. The first-order chi connectivity index (χ1) is 10.7. The first kappa shape index (κ1) is 21.0. The average molecular weight is 821 g/mol. The van der Waals surface area contributed by atoms with Crippen LogP contribution in [0.5, 0.6) is 0 Å². The summed E-state index contributed by atoms with van der Waals surface area (Å²) in [7, 11) is 0. The summed E-state index contributed by atoms with van der Waals surface area (Å²) < 4.78 is 16.4. The van der Waals surface area contributed by atoms with Gasteiger partial charge in [-0.3, -0.25) is 0 Å². The zero-order valence-electron chi connectivity index (χ0n) is 10.7. The van der Waals surface area contributed by atoms with Gasteiger partial charge >= 0.3 is 147 Å². The Hall–Kier alpha value is -0.999. The van der Waals surface area contributed by atoms with E-state index < -0.39 is 57.7 Å². The summed E-state index contributed by atoms with van der Waals surface area (Å²) >= 11 is -10.3. The molecule has 0 spiro atoms. The second-order valence-electron chi connectivity index (χ2n) is 2.69. The van der Waals surface area contributed by atoms with Gasteiger partial charge in [0, 0.05) is 0 Å². The molecule has 0 aromatic heterocycles. The third kappa shape index (κ3) is 7.32. The molecule has 0 heterocycles. The van der Waals surface area contributed by atoms with E-state index in [4.69, 9.17) is 0 Å². The molecule has 16 heteroatoms. The number of rotatable bonds is 15. The van der Waals surface area contributed by atoms with Crippen LogP contribution in [0.1, 0.15) is 0 Å². The average Bonchev–Trinajstić information content (AvgIpc) is 2.49. The molecule has 122 valence electrons. The van der Waals surface area contributed by atoms with Crippen LogP contribution in [0.3, 0.4) is 0 Å². The quantitative estimate of drug-likeness (QED) is 0.0896. The minimum atomic E-state index is -3.43. The molecule has 0 unspecified atom stereocenters. The van der Waals surface area contributed by atoms with Gasteiger partial charge in [0.2, 0.25) is 0 Å². The van der Waals surface area contributed by atoms with Gasteiger partial charge in [-0.25, -0.2) is 0 Å². The molecule has 0 saturated heterocycles. The normalized spacial score (nSPS) is 9.82. The molecule has 0 aromatic carbocycles. The molecule has 0 fully saturated rings. The van der Waals surface area contributed by atoms with Crippen LogP contribution in [0.2, 0.25) is 0 Å². The van der Waals surface area contributed by atoms with Gasteiger partial charge in [0.25, 0.3) is 0 Å². The van der Waals surface area contributed by atoms with Gasteiger partial charge in [0.05, 0.1) is 0 Å². The van der Waals surface area contributed by atoms with E-state index in [2.05, 4.69) is 22.3 Å². The number of amides is 6. The van der Waals surface area contributed by atoms with E-state index in [0.717, 1.165) is 0 Å². The summed E-state index contributed by atoms with van der Waals surface area (Å²) in [6, 6.07) is 0. The van der Waals surface area contributed by atoms with Crippen molar-refractivity contribution < 1.29 is 86.4 Å². The van der Waals surface area contributed by atoms with Crippen molar-refractivity contribution in [1.29, 1.82) is 0 Å². The fourth-order valence-corrected chi connectivity index (χ4v) is 42.1. The first-order valence-electron chi connectivity index (χ1n) is 5.09. The molecule has 0 aliphatic heterocycles. The molecular weight excluding hydrogens is 809 g/mol. The van der Waals surface area contributed by atoms with Gasteiger partial charge in [-0.2, -0.15) is 0 Å². The number of carbonyl (C=O) groups excluding carboxylic acids is 6. The zero-order chi connectivity index (χ0) is 16.8. The molecule has 6 N–H and O–H groups in total. The topological polar surface area (TPSA) is 178 Å². The molecule has 6 amide bonds. The van der Waals surface area contributed by atoms with Gasteiger partial charge in [-0.15, -0.1) is 0 Å². The number of nitrogens with one attached hydrogen (secondary N) is 6. The predicted octanol–water partition coefficient (Wildman–Crippen LogP) is -5.15. The van der Waals surface area contributed by atoms with Crippen molar-refractivity contribution in [2.24, 2.45) is 0 Å². The van der Waals surface area contributed by atoms with Gasteiger partial charge in [0.1, 0.15) is 0 Å². The maximum atomic E-state index is 10.7. The van der Waals surface area contributed by atoms with Crippen molar-refractivity contribution in [3.05, 3.63) is 0 Å². The third-order valence-electron chi connectivity index (χ3n) is 1.59. The molecule has 13 nitrogen and oxygen atoms in total. The summed E-state index contributed by atoms with van der Waals surface area (Å²) in [5.74, 6) is 0. The number of carbonyl (C=O) groups is 6. The van der Waals surface area contributed by atoms with Gasteiger partial charge in [-0.05, 0) is 0 Å². The molecular formula is C6H12N7O6Ta3.